The molecule has 1 N–H and O–H groups in total. The maximum Gasteiger partial charge on any atom is 0.250 e. The van der Waals surface area contributed by atoms with Gasteiger partial charge in [0.05, 0.1) is 5.69 Å². The summed E-state index contributed by atoms with van der Waals surface area (Å²) in [5.74, 6) is -4.98. The molecular formula is C10H10F3NO2. The third-order valence-corrected chi connectivity index (χ3v) is 1.75. The summed E-state index contributed by atoms with van der Waals surface area (Å²) in [4.78, 5) is 11.1. The number of amides is 1. The molecule has 0 spiro atoms. The number of hydrogen-bond donors (Lipinski definition) is 1. The Hall–Kier alpha value is -1.56. The molecule has 0 unspecified atom stereocenters. The van der Waals surface area contributed by atoms with E-state index in [-0.39, 0.29) is 6.61 Å². The number of rotatable bonds is 4. The summed E-state index contributed by atoms with van der Waals surface area (Å²) in [6, 6.07) is 1.67. The van der Waals surface area contributed by atoms with Crippen molar-refractivity contribution in [2.45, 2.75) is 6.92 Å². The van der Waals surface area contributed by atoms with Crippen LogP contribution < -0.4 is 5.32 Å². The number of carbonyl (C=O) groups is 1. The molecule has 1 rings (SSSR count). The molecule has 0 saturated carbocycles. The fourth-order valence-corrected chi connectivity index (χ4v) is 1.00. The van der Waals surface area contributed by atoms with Crippen LogP contribution in [0.2, 0.25) is 0 Å². The van der Waals surface area contributed by atoms with Gasteiger partial charge in [0.25, 0.3) is 0 Å². The average Bonchev–Trinajstić information content (AvgIpc) is 2.27. The van der Waals surface area contributed by atoms with Gasteiger partial charge in [-0.3, -0.25) is 4.79 Å². The molecule has 1 aromatic carbocycles. The first-order valence-corrected chi connectivity index (χ1v) is 4.57. The minimum absolute atomic E-state index is 0.269. The Bertz CT molecular complexity index is 396. The minimum Gasteiger partial charge on any atom is -0.372 e. The van der Waals surface area contributed by atoms with Crippen LogP contribution in [0.3, 0.4) is 0 Å². The fraction of sp³-hybridized carbons (Fsp3) is 0.300. The second-order valence-corrected chi connectivity index (χ2v) is 2.91. The summed E-state index contributed by atoms with van der Waals surface area (Å²) < 4.78 is 43.1. The Balaban J connectivity index is 2.74. The second-order valence-electron chi connectivity index (χ2n) is 2.91. The molecule has 88 valence electrons. The lowest BCUT2D eigenvalue weighted by Gasteiger charge is -2.06. The lowest BCUT2D eigenvalue weighted by Crippen LogP contribution is -2.19. The van der Waals surface area contributed by atoms with E-state index in [9.17, 15) is 18.0 Å². The molecule has 0 atom stereocenters. The Kier molecular flexibility index (Phi) is 4.30. The third-order valence-electron chi connectivity index (χ3n) is 1.75. The highest BCUT2D eigenvalue weighted by atomic mass is 19.2. The summed E-state index contributed by atoms with van der Waals surface area (Å²) >= 11 is 0. The Morgan fingerprint density at radius 3 is 2.62 bits per heavy atom. The van der Waals surface area contributed by atoms with Gasteiger partial charge in [0.2, 0.25) is 5.91 Å². The maximum atomic E-state index is 13.1. The van der Waals surface area contributed by atoms with Gasteiger partial charge < -0.3 is 10.1 Å². The number of halogens is 3. The van der Waals surface area contributed by atoms with Crippen molar-refractivity contribution in [3.63, 3.8) is 0 Å². The molecule has 0 saturated heterocycles. The molecule has 0 aromatic heterocycles. The van der Waals surface area contributed by atoms with Crippen LogP contribution >= 0.6 is 0 Å². The average molecular weight is 233 g/mol. The van der Waals surface area contributed by atoms with Crippen molar-refractivity contribution in [2.75, 3.05) is 18.5 Å². The molecule has 0 heterocycles. The van der Waals surface area contributed by atoms with Crippen molar-refractivity contribution in [3.8, 4) is 0 Å². The first kappa shape index (κ1) is 12.5. The normalized spacial score (nSPS) is 10.2. The van der Waals surface area contributed by atoms with Crippen LogP contribution in [-0.2, 0) is 9.53 Å². The first-order chi connectivity index (χ1) is 7.56. The second kappa shape index (κ2) is 5.50. The van der Waals surface area contributed by atoms with Gasteiger partial charge in [-0.15, -0.1) is 0 Å². The number of benzene rings is 1. The van der Waals surface area contributed by atoms with Gasteiger partial charge in [-0.2, -0.15) is 0 Å². The quantitative estimate of drug-likeness (QED) is 0.808. The number of carbonyl (C=O) groups excluding carboxylic acids is 1. The van der Waals surface area contributed by atoms with Crippen LogP contribution in [0.4, 0.5) is 18.9 Å². The molecular weight excluding hydrogens is 223 g/mol. The van der Waals surface area contributed by atoms with Gasteiger partial charge >= 0.3 is 0 Å². The van der Waals surface area contributed by atoms with Gasteiger partial charge in [-0.05, 0) is 19.1 Å². The highest BCUT2D eigenvalue weighted by molar-refractivity contribution is 5.91. The molecule has 16 heavy (non-hydrogen) atoms. The zero-order valence-corrected chi connectivity index (χ0v) is 8.52. The van der Waals surface area contributed by atoms with Crippen LogP contribution in [-0.4, -0.2) is 19.1 Å². The summed E-state index contributed by atoms with van der Waals surface area (Å²) in [6.45, 7) is 1.74. The molecule has 0 radical (unpaired) electrons. The third kappa shape index (κ3) is 2.96. The Labute approximate surface area is 90.2 Å². The van der Waals surface area contributed by atoms with Gasteiger partial charge in [0.15, 0.2) is 17.5 Å². The SMILES string of the molecule is CCOCC(=O)Nc1ccc(F)c(F)c1F. The van der Waals surface area contributed by atoms with Crippen molar-refractivity contribution >= 4 is 11.6 Å². The topological polar surface area (TPSA) is 38.3 Å². The standard InChI is InChI=1S/C10H10F3NO2/c1-2-16-5-8(15)14-7-4-3-6(11)9(12)10(7)13/h3-4H,2,5H2,1H3,(H,14,15). The summed E-state index contributed by atoms with van der Waals surface area (Å²) in [7, 11) is 0. The minimum atomic E-state index is -1.62. The summed E-state index contributed by atoms with van der Waals surface area (Å²) in [5, 5.41) is 2.07. The highest BCUT2D eigenvalue weighted by Crippen LogP contribution is 2.19. The number of hydrogen-bond acceptors (Lipinski definition) is 2. The van der Waals surface area contributed by atoms with E-state index in [1.807, 2.05) is 0 Å². The van der Waals surface area contributed by atoms with E-state index in [0.717, 1.165) is 12.1 Å². The van der Waals surface area contributed by atoms with Crippen molar-refractivity contribution in [1.29, 1.82) is 0 Å². The molecule has 6 heteroatoms. The smallest absolute Gasteiger partial charge is 0.250 e. The zero-order chi connectivity index (χ0) is 12.1. The van der Waals surface area contributed by atoms with E-state index in [2.05, 4.69) is 5.32 Å². The predicted molar refractivity (Wildman–Crippen MR) is 51.4 cm³/mol. The lowest BCUT2D eigenvalue weighted by molar-refractivity contribution is -0.120. The monoisotopic (exact) mass is 233 g/mol. The Morgan fingerprint density at radius 2 is 2.00 bits per heavy atom. The summed E-state index contributed by atoms with van der Waals surface area (Å²) in [6.07, 6.45) is 0. The van der Waals surface area contributed by atoms with Gasteiger partial charge in [-0.25, -0.2) is 13.2 Å². The van der Waals surface area contributed by atoms with E-state index in [0.29, 0.717) is 6.61 Å². The molecule has 0 fully saturated rings. The molecule has 3 nitrogen and oxygen atoms in total. The van der Waals surface area contributed by atoms with Crippen molar-refractivity contribution in [3.05, 3.63) is 29.6 Å². The van der Waals surface area contributed by atoms with Crippen LogP contribution in [0.5, 0.6) is 0 Å². The molecule has 0 aliphatic rings. The molecule has 0 bridgehead atoms. The van der Waals surface area contributed by atoms with E-state index < -0.39 is 29.0 Å². The van der Waals surface area contributed by atoms with Crippen LogP contribution in [0, 0.1) is 17.5 Å². The van der Waals surface area contributed by atoms with E-state index >= 15 is 0 Å². The molecule has 0 aliphatic heterocycles. The van der Waals surface area contributed by atoms with Crippen molar-refractivity contribution in [1.82, 2.24) is 0 Å². The Morgan fingerprint density at radius 1 is 1.31 bits per heavy atom. The maximum absolute atomic E-state index is 13.1. The highest BCUT2D eigenvalue weighted by Gasteiger charge is 2.14. The fourth-order valence-electron chi connectivity index (χ4n) is 1.00. The molecule has 1 amide bonds. The van der Waals surface area contributed by atoms with Crippen molar-refractivity contribution in [2.24, 2.45) is 0 Å². The van der Waals surface area contributed by atoms with Crippen molar-refractivity contribution < 1.29 is 22.7 Å². The van der Waals surface area contributed by atoms with E-state index in [1.54, 1.807) is 6.92 Å². The van der Waals surface area contributed by atoms with E-state index in [1.165, 1.54) is 0 Å². The zero-order valence-electron chi connectivity index (χ0n) is 8.52. The number of ether oxygens (including phenoxy) is 1. The number of nitrogens with one attached hydrogen (secondary N) is 1. The molecule has 0 aliphatic carbocycles. The van der Waals surface area contributed by atoms with Gasteiger partial charge in [-0.1, -0.05) is 0 Å². The van der Waals surface area contributed by atoms with Crippen LogP contribution in [0.1, 0.15) is 6.92 Å². The van der Waals surface area contributed by atoms with Gasteiger partial charge in [0.1, 0.15) is 6.61 Å². The lowest BCUT2D eigenvalue weighted by atomic mass is 10.3. The van der Waals surface area contributed by atoms with Gasteiger partial charge in [0, 0.05) is 6.61 Å². The molecule has 1 aromatic rings. The number of anilines is 1. The van der Waals surface area contributed by atoms with Crippen LogP contribution in [0.25, 0.3) is 0 Å². The first-order valence-electron chi connectivity index (χ1n) is 4.57. The van der Waals surface area contributed by atoms with E-state index in [4.69, 9.17) is 4.74 Å². The predicted octanol–water partition coefficient (Wildman–Crippen LogP) is 2.08. The largest absolute Gasteiger partial charge is 0.372 e. The summed E-state index contributed by atoms with van der Waals surface area (Å²) in [5.41, 5.74) is -0.413. The van der Waals surface area contributed by atoms with Crippen LogP contribution in [0.15, 0.2) is 12.1 Å².